The minimum atomic E-state index is -0.233. The van der Waals surface area contributed by atoms with E-state index in [9.17, 15) is 14.0 Å². The van der Waals surface area contributed by atoms with Gasteiger partial charge in [-0.2, -0.15) is 0 Å². The van der Waals surface area contributed by atoms with Crippen molar-refractivity contribution in [1.82, 2.24) is 14.7 Å². The third-order valence-electron chi connectivity index (χ3n) is 6.23. The molecule has 2 atom stereocenters. The van der Waals surface area contributed by atoms with Gasteiger partial charge in [-0.15, -0.1) is 11.3 Å². The SMILES string of the molecule is CC(=O)N1CCN(C(=O)CCN2CCc3sccc3[C@H]2c2cccc(F)c2)C[C@@H]1C. The maximum Gasteiger partial charge on any atom is 0.223 e. The minimum Gasteiger partial charge on any atom is -0.339 e. The predicted molar refractivity (Wildman–Crippen MR) is 116 cm³/mol. The second-order valence-electron chi connectivity index (χ2n) is 8.19. The number of carbonyl (C=O) groups excluding carboxylic acids is 2. The molecule has 0 radical (unpaired) electrons. The summed E-state index contributed by atoms with van der Waals surface area (Å²) in [4.78, 5) is 31.9. The van der Waals surface area contributed by atoms with E-state index in [1.807, 2.05) is 22.8 Å². The lowest BCUT2D eigenvalue weighted by Crippen LogP contribution is -2.55. The van der Waals surface area contributed by atoms with Crippen LogP contribution in [0.1, 0.15) is 42.3 Å². The molecule has 0 bridgehead atoms. The molecule has 1 aromatic heterocycles. The fraction of sp³-hybridized carbons (Fsp3) is 0.478. The van der Waals surface area contributed by atoms with Crippen molar-refractivity contribution in [2.75, 3.05) is 32.7 Å². The highest BCUT2D eigenvalue weighted by atomic mass is 32.1. The van der Waals surface area contributed by atoms with Crippen LogP contribution in [-0.2, 0) is 16.0 Å². The standard InChI is InChI=1S/C23H28FN3O2S/c1-16-15-26(11-12-27(16)17(2)28)22(29)7-10-25-9-6-21-20(8-13-30-21)23(25)18-4-3-5-19(24)14-18/h3-5,8,13-14,16,23H,6-7,9-12,15H2,1-2H3/t16-,23+/m0/s1. The zero-order chi connectivity index (χ0) is 21.3. The fourth-order valence-electron chi connectivity index (χ4n) is 4.73. The normalized spacial score (nSPS) is 22.1. The Balaban J connectivity index is 1.45. The molecule has 4 rings (SSSR count). The van der Waals surface area contributed by atoms with Gasteiger partial charge in [0.05, 0.1) is 6.04 Å². The number of thiophene rings is 1. The lowest BCUT2D eigenvalue weighted by Gasteiger charge is -2.40. The molecule has 0 spiro atoms. The first-order valence-corrected chi connectivity index (χ1v) is 11.4. The number of nitrogens with zero attached hydrogens (tertiary/aromatic N) is 3. The molecular formula is C23H28FN3O2S. The van der Waals surface area contributed by atoms with Gasteiger partial charge in [0.2, 0.25) is 11.8 Å². The predicted octanol–water partition coefficient (Wildman–Crippen LogP) is 3.30. The number of hydrogen-bond acceptors (Lipinski definition) is 4. The zero-order valence-corrected chi connectivity index (χ0v) is 18.3. The number of hydrogen-bond donors (Lipinski definition) is 0. The zero-order valence-electron chi connectivity index (χ0n) is 17.5. The molecule has 1 saturated heterocycles. The van der Waals surface area contributed by atoms with Gasteiger partial charge in [0.25, 0.3) is 0 Å². The summed E-state index contributed by atoms with van der Waals surface area (Å²) in [5.41, 5.74) is 2.17. The van der Waals surface area contributed by atoms with Crippen molar-refractivity contribution in [3.63, 3.8) is 0 Å². The van der Waals surface area contributed by atoms with Crippen molar-refractivity contribution in [3.8, 4) is 0 Å². The van der Waals surface area contributed by atoms with Crippen LogP contribution in [0.5, 0.6) is 0 Å². The molecule has 2 amide bonds. The third-order valence-corrected chi connectivity index (χ3v) is 7.22. The molecule has 0 aliphatic carbocycles. The van der Waals surface area contributed by atoms with Crippen LogP contribution in [0.3, 0.4) is 0 Å². The Morgan fingerprint density at radius 1 is 1.20 bits per heavy atom. The Morgan fingerprint density at radius 2 is 2.03 bits per heavy atom. The summed E-state index contributed by atoms with van der Waals surface area (Å²) in [5.74, 6) is -0.0465. The number of piperazine rings is 1. The topological polar surface area (TPSA) is 43.9 Å². The highest BCUT2D eigenvalue weighted by Crippen LogP contribution is 2.38. The monoisotopic (exact) mass is 429 g/mol. The first-order chi connectivity index (χ1) is 14.4. The summed E-state index contributed by atoms with van der Waals surface area (Å²) in [6.45, 7) is 6.83. The van der Waals surface area contributed by atoms with E-state index in [1.165, 1.54) is 16.5 Å². The van der Waals surface area contributed by atoms with Gasteiger partial charge in [-0.05, 0) is 48.1 Å². The van der Waals surface area contributed by atoms with Gasteiger partial charge < -0.3 is 9.80 Å². The highest BCUT2D eigenvalue weighted by Gasteiger charge is 2.32. The Hall–Kier alpha value is -2.25. The van der Waals surface area contributed by atoms with E-state index >= 15 is 0 Å². The van der Waals surface area contributed by atoms with Gasteiger partial charge in [-0.25, -0.2) is 4.39 Å². The lowest BCUT2D eigenvalue weighted by atomic mass is 9.93. The number of benzene rings is 1. The quantitative estimate of drug-likeness (QED) is 0.749. The molecule has 3 heterocycles. The van der Waals surface area contributed by atoms with E-state index < -0.39 is 0 Å². The van der Waals surface area contributed by atoms with Gasteiger partial charge in [0.1, 0.15) is 5.82 Å². The molecule has 0 saturated carbocycles. The van der Waals surface area contributed by atoms with E-state index in [2.05, 4.69) is 16.3 Å². The van der Waals surface area contributed by atoms with Gasteiger partial charge in [0, 0.05) is 57.0 Å². The summed E-state index contributed by atoms with van der Waals surface area (Å²) in [6, 6.07) is 8.96. The van der Waals surface area contributed by atoms with Gasteiger partial charge in [-0.3, -0.25) is 14.5 Å². The molecule has 0 N–H and O–H groups in total. The molecule has 1 aromatic carbocycles. The molecule has 160 valence electrons. The third kappa shape index (κ3) is 4.27. The summed E-state index contributed by atoms with van der Waals surface area (Å²) in [6.07, 6.45) is 1.39. The van der Waals surface area contributed by atoms with E-state index in [4.69, 9.17) is 0 Å². The van der Waals surface area contributed by atoms with E-state index in [-0.39, 0.29) is 29.7 Å². The van der Waals surface area contributed by atoms with Crippen molar-refractivity contribution in [2.24, 2.45) is 0 Å². The fourth-order valence-corrected chi connectivity index (χ4v) is 5.63. The first-order valence-electron chi connectivity index (χ1n) is 10.5. The van der Waals surface area contributed by atoms with Crippen LogP contribution in [0, 0.1) is 5.82 Å². The smallest absolute Gasteiger partial charge is 0.223 e. The summed E-state index contributed by atoms with van der Waals surface area (Å²) >= 11 is 1.75. The molecule has 2 aliphatic rings. The summed E-state index contributed by atoms with van der Waals surface area (Å²) < 4.78 is 13.9. The van der Waals surface area contributed by atoms with Crippen LogP contribution < -0.4 is 0 Å². The van der Waals surface area contributed by atoms with E-state index in [0.29, 0.717) is 32.6 Å². The Bertz CT molecular complexity index is 931. The Labute approximate surface area is 181 Å². The number of halogens is 1. The number of rotatable bonds is 4. The lowest BCUT2D eigenvalue weighted by molar-refractivity contribution is -0.141. The second kappa shape index (κ2) is 8.86. The largest absolute Gasteiger partial charge is 0.339 e. The van der Waals surface area contributed by atoms with Crippen LogP contribution in [-0.4, -0.2) is 65.3 Å². The van der Waals surface area contributed by atoms with Gasteiger partial charge >= 0.3 is 0 Å². The van der Waals surface area contributed by atoms with E-state index in [1.54, 1.807) is 30.4 Å². The minimum absolute atomic E-state index is 0.0167. The molecule has 2 aromatic rings. The van der Waals surface area contributed by atoms with Gasteiger partial charge in [-0.1, -0.05) is 12.1 Å². The average Bonchev–Trinajstić information content (AvgIpc) is 3.20. The molecular weight excluding hydrogens is 401 g/mol. The molecule has 30 heavy (non-hydrogen) atoms. The van der Waals surface area contributed by atoms with Crippen molar-refractivity contribution in [3.05, 3.63) is 57.5 Å². The van der Waals surface area contributed by atoms with Crippen LogP contribution in [0.25, 0.3) is 0 Å². The van der Waals surface area contributed by atoms with Crippen LogP contribution in [0.4, 0.5) is 4.39 Å². The average molecular weight is 430 g/mol. The van der Waals surface area contributed by atoms with Crippen LogP contribution in [0.2, 0.25) is 0 Å². The number of fused-ring (bicyclic) bond motifs is 1. The summed E-state index contributed by atoms with van der Waals surface area (Å²) in [7, 11) is 0. The maximum absolute atomic E-state index is 13.9. The van der Waals surface area contributed by atoms with Crippen molar-refractivity contribution in [1.29, 1.82) is 0 Å². The van der Waals surface area contributed by atoms with Crippen molar-refractivity contribution in [2.45, 2.75) is 38.8 Å². The highest BCUT2D eigenvalue weighted by molar-refractivity contribution is 7.10. The molecule has 5 nitrogen and oxygen atoms in total. The Morgan fingerprint density at radius 3 is 2.77 bits per heavy atom. The molecule has 1 fully saturated rings. The van der Waals surface area contributed by atoms with Gasteiger partial charge in [0.15, 0.2) is 0 Å². The maximum atomic E-state index is 13.9. The number of amides is 2. The summed E-state index contributed by atoms with van der Waals surface area (Å²) in [5, 5.41) is 2.10. The number of carbonyl (C=O) groups is 2. The van der Waals surface area contributed by atoms with E-state index in [0.717, 1.165) is 18.5 Å². The Kier molecular flexibility index (Phi) is 6.20. The molecule has 0 unspecified atom stereocenters. The molecule has 2 aliphatic heterocycles. The van der Waals surface area contributed by atoms with Crippen molar-refractivity contribution >= 4 is 23.2 Å². The van der Waals surface area contributed by atoms with Crippen molar-refractivity contribution < 1.29 is 14.0 Å². The first kappa shape index (κ1) is 21.0. The van der Waals surface area contributed by atoms with Crippen LogP contribution >= 0.6 is 11.3 Å². The van der Waals surface area contributed by atoms with Crippen LogP contribution in [0.15, 0.2) is 35.7 Å². The second-order valence-corrected chi connectivity index (χ2v) is 9.19. The molecule has 7 heteroatoms.